The molecule has 10 rings (SSSR count). The Hall–Kier alpha value is -6.72. The lowest BCUT2D eigenvalue weighted by molar-refractivity contribution is 0.608. The molecule has 0 saturated heterocycles. The number of fused-ring (bicyclic) bond motifs is 3. The van der Waals surface area contributed by atoms with E-state index >= 15 is 0 Å². The highest BCUT2D eigenvalue weighted by Crippen LogP contribution is 2.37. The second kappa shape index (κ2) is 14.3. The third-order valence-electron chi connectivity index (χ3n) is 11.0. The van der Waals surface area contributed by atoms with Crippen molar-refractivity contribution in [2.24, 2.45) is 0 Å². The molecule has 0 spiro atoms. The Morgan fingerprint density at radius 2 is 0.818 bits per heavy atom. The first-order chi connectivity index (χ1) is 27.3. The fraction of sp³-hybridized carbons (Fsp3) is 0.120. The molecule has 266 valence electrons. The number of para-hydroxylation sites is 1. The third kappa shape index (κ3) is 6.18. The number of hydrogen-bond donors (Lipinski definition) is 0. The molecule has 3 heterocycles. The van der Waals surface area contributed by atoms with Crippen molar-refractivity contribution in [2.45, 2.75) is 38.5 Å². The maximum atomic E-state index is 5.37. The second-order valence-electron chi connectivity index (χ2n) is 14.5. The molecule has 0 fully saturated rings. The smallest absolute Gasteiger partial charge is 0.0934 e. The van der Waals surface area contributed by atoms with Gasteiger partial charge in [-0.3, -0.25) is 0 Å². The van der Waals surface area contributed by atoms with Gasteiger partial charge in [0.05, 0.1) is 45.4 Å². The number of aryl methyl sites for hydroxylation is 1. The molecule has 0 radical (unpaired) electrons. The van der Waals surface area contributed by atoms with Gasteiger partial charge in [0.1, 0.15) is 0 Å². The number of rotatable bonds is 7. The molecule has 0 atom stereocenters. The molecule has 0 saturated carbocycles. The van der Waals surface area contributed by atoms with Gasteiger partial charge in [0.15, 0.2) is 0 Å². The van der Waals surface area contributed by atoms with E-state index in [2.05, 4.69) is 190 Å². The molecule has 0 unspecified atom stereocenters. The van der Waals surface area contributed by atoms with Crippen LogP contribution in [0.25, 0.3) is 73.0 Å². The quantitative estimate of drug-likeness (QED) is 0.165. The summed E-state index contributed by atoms with van der Waals surface area (Å²) in [5.74, 6) is 0. The fourth-order valence-electron chi connectivity index (χ4n) is 8.38. The monoisotopic (exact) mass is 711 g/mol. The molecule has 3 aromatic heterocycles. The van der Waals surface area contributed by atoms with Crippen LogP contribution in [0.1, 0.15) is 36.9 Å². The highest BCUT2D eigenvalue weighted by molar-refractivity contribution is 5.88. The first kappa shape index (κ1) is 32.9. The summed E-state index contributed by atoms with van der Waals surface area (Å²) in [5, 5.41) is 12.1. The summed E-state index contributed by atoms with van der Waals surface area (Å²) >= 11 is 0. The van der Waals surface area contributed by atoms with E-state index in [-0.39, 0.29) is 0 Å². The summed E-state index contributed by atoms with van der Waals surface area (Å²) in [6, 6.07) is 62.5. The summed E-state index contributed by atoms with van der Waals surface area (Å²) in [7, 11) is 0. The average molecular weight is 712 g/mol. The maximum Gasteiger partial charge on any atom is 0.0934 e. The van der Waals surface area contributed by atoms with E-state index < -0.39 is 0 Å². The molecule has 0 N–H and O–H groups in total. The highest BCUT2D eigenvalue weighted by atomic mass is 15.3. The van der Waals surface area contributed by atoms with Gasteiger partial charge in [-0.2, -0.15) is 10.2 Å². The molecule has 0 aliphatic heterocycles. The summed E-state index contributed by atoms with van der Waals surface area (Å²) in [6.45, 7) is 0. The van der Waals surface area contributed by atoms with Gasteiger partial charge in [0.25, 0.3) is 0 Å². The van der Waals surface area contributed by atoms with E-state index in [0.29, 0.717) is 0 Å². The van der Waals surface area contributed by atoms with Crippen molar-refractivity contribution >= 4 is 10.9 Å². The Labute approximate surface area is 321 Å². The van der Waals surface area contributed by atoms with Crippen LogP contribution in [0.3, 0.4) is 0 Å². The Balaban J connectivity index is 1.27. The van der Waals surface area contributed by atoms with Crippen LogP contribution in [-0.2, 0) is 12.8 Å². The van der Waals surface area contributed by atoms with Gasteiger partial charge in [-0.1, -0.05) is 152 Å². The Morgan fingerprint density at radius 1 is 0.382 bits per heavy atom. The average Bonchev–Trinajstić information content (AvgIpc) is 3.97. The van der Waals surface area contributed by atoms with Crippen LogP contribution >= 0.6 is 0 Å². The van der Waals surface area contributed by atoms with Crippen LogP contribution in [0.5, 0.6) is 0 Å². The van der Waals surface area contributed by atoms with E-state index in [0.717, 1.165) is 74.9 Å². The van der Waals surface area contributed by atoms with Crippen LogP contribution in [0.2, 0.25) is 0 Å². The topological polar surface area (TPSA) is 40.6 Å². The van der Waals surface area contributed by atoms with E-state index in [1.807, 2.05) is 0 Å². The van der Waals surface area contributed by atoms with E-state index in [1.165, 1.54) is 47.8 Å². The molecule has 6 aromatic carbocycles. The van der Waals surface area contributed by atoms with Crippen LogP contribution in [-0.4, -0.2) is 24.1 Å². The molecular weight excluding hydrogens is 671 g/mol. The van der Waals surface area contributed by atoms with Crippen molar-refractivity contribution in [3.05, 3.63) is 187 Å². The van der Waals surface area contributed by atoms with Crippen molar-refractivity contribution in [1.82, 2.24) is 24.1 Å². The van der Waals surface area contributed by atoms with Crippen molar-refractivity contribution in [1.29, 1.82) is 0 Å². The zero-order valence-corrected chi connectivity index (χ0v) is 30.7. The second-order valence-corrected chi connectivity index (χ2v) is 14.5. The lowest BCUT2D eigenvalue weighted by Crippen LogP contribution is -2.09. The maximum absolute atomic E-state index is 5.37. The highest BCUT2D eigenvalue weighted by Gasteiger charge is 2.23. The van der Waals surface area contributed by atoms with Crippen LogP contribution in [0.4, 0.5) is 0 Å². The number of nitrogens with zero attached hydrogens (tertiary/aromatic N) is 5. The molecular formula is C50H41N5. The van der Waals surface area contributed by atoms with E-state index in [9.17, 15) is 0 Å². The zero-order valence-electron chi connectivity index (χ0n) is 30.7. The summed E-state index contributed by atoms with van der Waals surface area (Å²) in [6.07, 6.45) is 7.11. The van der Waals surface area contributed by atoms with Crippen LogP contribution in [0, 0.1) is 0 Å². The van der Waals surface area contributed by atoms with Gasteiger partial charge < -0.3 is 4.57 Å². The standard InChI is InChI=1S/C50H41N5/c1-2-16-29-47-43(27-15-1)44-28-17-18-30-48(44)53(47)40-31-41(54-49(38-23-11-5-12-24-38)34-45(51-54)36-19-7-3-8-20-36)33-42(32-40)55-50(39-25-13-6-14-26-39)35-46(52-55)37-21-9-4-10-22-37/h3-14,17-26,28,30-35H,1-2,15-16,27,29H2. The summed E-state index contributed by atoms with van der Waals surface area (Å²) in [4.78, 5) is 0. The number of benzene rings is 6. The Bertz CT molecular complexity index is 2600. The molecule has 1 aliphatic rings. The van der Waals surface area contributed by atoms with Crippen LogP contribution in [0.15, 0.2) is 176 Å². The van der Waals surface area contributed by atoms with Gasteiger partial charge >= 0.3 is 0 Å². The third-order valence-corrected chi connectivity index (χ3v) is 11.0. The Morgan fingerprint density at radius 3 is 1.35 bits per heavy atom. The first-order valence-electron chi connectivity index (χ1n) is 19.5. The van der Waals surface area contributed by atoms with Gasteiger partial charge in [0.2, 0.25) is 0 Å². The number of hydrogen-bond acceptors (Lipinski definition) is 2. The van der Waals surface area contributed by atoms with E-state index in [4.69, 9.17) is 10.2 Å². The minimum atomic E-state index is 0.929. The molecule has 5 heteroatoms. The molecule has 0 amide bonds. The summed E-state index contributed by atoms with van der Waals surface area (Å²) < 4.78 is 6.80. The SMILES string of the molecule is c1ccc(-c2cc(-c3ccccc3)n(-c3cc(-n4nc(-c5ccccc5)cc4-c4ccccc4)cc(-n4c5c(c6ccccc64)CCCCCC5)c3)n2)cc1. The van der Waals surface area contributed by atoms with Gasteiger partial charge in [-0.15, -0.1) is 0 Å². The minimum absolute atomic E-state index is 0.929. The number of aromatic nitrogens is 5. The predicted octanol–water partition coefficient (Wildman–Crippen LogP) is 12.3. The van der Waals surface area contributed by atoms with E-state index in [1.54, 1.807) is 0 Å². The lowest BCUT2D eigenvalue weighted by atomic mass is 9.96. The summed E-state index contributed by atoms with van der Waals surface area (Å²) in [5.41, 5.74) is 15.5. The first-order valence-corrected chi connectivity index (χ1v) is 19.5. The van der Waals surface area contributed by atoms with Crippen molar-refractivity contribution < 1.29 is 0 Å². The minimum Gasteiger partial charge on any atom is -0.313 e. The predicted molar refractivity (Wildman–Crippen MR) is 225 cm³/mol. The van der Waals surface area contributed by atoms with Gasteiger partial charge in [0, 0.05) is 33.3 Å². The fourth-order valence-corrected chi connectivity index (χ4v) is 8.38. The van der Waals surface area contributed by atoms with Crippen molar-refractivity contribution in [2.75, 3.05) is 0 Å². The zero-order chi connectivity index (χ0) is 36.6. The molecule has 9 aromatic rings. The van der Waals surface area contributed by atoms with Gasteiger partial charge in [-0.25, -0.2) is 9.36 Å². The van der Waals surface area contributed by atoms with Crippen molar-refractivity contribution in [3.8, 4) is 62.1 Å². The Kier molecular flexibility index (Phi) is 8.53. The van der Waals surface area contributed by atoms with Crippen molar-refractivity contribution in [3.63, 3.8) is 0 Å². The molecule has 5 nitrogen and oxygen atoms in total. The molecule has 1 aliphatic carbocycles. The largest absolute Gasteiger partial charge is 0.313 e. The lowest BCUT2D eigenvalue weighted by Gasteiger charge is -2.18. The molecule has 55 heavy (non-hydrogen) atoms. The molecule has 0 bridgehead atoms. The van der Waals surface area contributed by atoms with Crippen LogP contribution < -0.4 is 0 Å². The normalized spacial score (nSPS) is 13.0. The van der Waals surface area contributed by atoms with Gasteiger partial charge in [-0.05, 0) is 67.6 Å².